The Kier molecular flexibility index (Phi) is 2.71. The molecule has 0 unspecified atom stereocenters. The van der Waals surface area contributed by atoms with E-state index in [2.05, 4.69) is 34.6 Å². The van der Waals surface area contributed by atoms with Crippen molar-refractivity contribution in [2.45, 2.75) is 39.2 Å². The first-order chi connectivity index (χ1) is 7.51. The molecular weight excluding hydrogens is 202 g/mol. The number of aromatic nitrogens is 2. The van der Waals surface area contributed by atoms with Crippen LogP contribution in [0.2, 0.25) is 0 Å². The lowest BCUT2D eigenvalue weighted by Gasteiger charge is -2.27. The first-order valence-corrected chi connectivity index (χ1v) is 5.62. The maximum Gasteiger partial charge on any atom is 0.239 e. The van der Waals surface area contributed by atoms with E-state index in [1.807, 2.05) is 13.0 Å². The summed E-state index contributed by atoms with van der Waals surface area (Å²) >= 11 is 0. The van der Waals surface area contributed by atoms with Gasteiger partial charge >= 0.3 is 0 Å². The Morgan fingerprint density at radius 2 is 2.06 bits per heavy atom. The van der Waals surface area contributed by atoms with Gasteiger partial charge in [-0.15, -0.1) is 0 Å². The minimum absolute atomic E-state index is 0.0899. The highest BCUT2D eigenvalue weighted by Gasteiger charge is 2.37. The maximum absolute atomic E-state index is 5.32. The van der Waals surface area contributed by atoms with E-state index < -0.39 is 0 Å². The van der Waals surface area contributed by atoms with Gasteiger partial charge in [-0.2, -0.15) is 4.98 Å². The predicted molar refractivity (Wildman–Crippen MR) is 65.0 cm³/mol. The van der Waals surface area contributed by atoms with Crippen LogP contribution >= 0.6 is 0 Å². The quantitative estimate of drug-likeness (QED) is 0.532. The lowest BCUT2D eigenvalue weighted by Crippen LogP contribution is -2.33. The first-order valence-electron chi connectivity index (χ1n) is 5.62. The smallest absolute Gasteiger partial charge is 0.239 e. The van der Waals surface area contributed by atoms with Crippen LogP contribution in [-0.4, -0.2) is 15.5 Å². The Morgan fingerprint density at radius 3 is 2.62 bits per heavy atom. The van der Waals surface area contributed by atoms with Gasteiger partial charge in [0.25, 0.3) is 0 Å². The third kappa shape index (κ3) is 2.41. The molecule has 1 aromatic heterocycles. The van der Waals surface area contributed by atoms with E-state index in [1.54, 1.807) is 0 Å². The van der Waals surface area contributed by atoms with Crippen molar-refractivity contribution in [2.24, 2.45) is 11.8 Å². The summed E-state index contributed by atoms with van der Waals surface area (Å²) in [7, 11) is 0. The second-order valence-electron chi connectivity index (χ2n) is 4.98. The van der Waals surface area contributed by atoms with Gasteiger partial charge in [-0.05, 0) is 39.5 Å². The second kappa shape index (κ2) is 3.90. The largest absolute Gasteiger partial charge is 0.365 e. The number of hydrazine groups is 1. The third-order valence-electron chi connectivity index (χ3n) is 3.03. The first kappa shape index (κ1) is 11.1. The molecule has 1 aliphatic rings. The molecule has 0 aromatic carbocycles. The van der Waals surface area contributed by atoms with Crippen LogP contribution in [0.5, 0.6) is 0 Å². The second-order valence-corrected chi connectivity index (χ2v) is 4.98. The molecule has 1 aliphatic carbocycles. The van der Waals surface area contributed by atoms with Crippen LogP contribution in [0.1, 0.15) is 32.4 Å². The number of nitrogens with one attached hydrogen (secondary N) is 2. The molecule has 0 saturated heterocycles. The number of nitrogen functional groups attached to an aromatic ring is 1. The number of hydrogen-bond acceptors (Lipinski definition) is 5. The van der Waals surface area contributed by atoms with Crippen LogP contribution in [0.15, 0.2) is 6.07 Å². The van der Waals surface area contributed by atoms with Crippen LogP contribution in [0.4, 0.5) is 11.8 Å². The fourth-order valence-corrected chi connectivity index (χ4v) is 1.93. The zero-order chi connectivity index (χ0) is 11.8. The molecule has 16 heavy (non-hydrogen) atoms. The van der Waals surface area contributed by atoms with Crippen molar-refractivity contribution in [1.29, 1.82) is 0 Å². The van der Waals surface area contributed by atoms with Crippen LogP contribution in [-0.2, 0) is 0 Å². The number of rotatable bonds is 4. The van der Waals surface area contributed by atoms with Crippen molar-refractivity contribution in [3.8, 4) is 0 Å². The third-order valence-corrected chi connectivity index (χ3v) is 3.03. The monoisotopic (exact) mass is 221 g/mol. The number of hydrogen-bond donors (Lipinski definition) is 3. The Bertz CT molecular complexity index is 384. The summed E-state index contributed by atoms with van der Waals surface area (Å²) < 4.78 is 0. The van der Waals surface area contributed by atoms with Gasteiger partial charge in [0.2, 0.25) is 5.95 Å². The minimum atomic E-state index is 0.0899. The zero-order valence-electron chi connectivity index (χ0n) is 10.0. The molecule has 1 saturated carbocycles. The van der Waals surface area contributed by atoms with E-state index in [-0.39, 0.29) is 5.54 Å². The van der Waals surface area contributed by atoms with Crippen molar-refractivity contribution in [1.82, 2.24) is 9.97 Å². The lowest BCUT2D eigenvalue weighted by molar-refractivity contribution is 0.492. The topological polar surface area (TPSA) is 75.9 Å². The van der Waals surface area contributed by atoms with Crippen molar-refractivity contribution < 1.29 is 0 Å². The molecule has 0 spiro atoms. The van der Waals surface area contributed by atoms with Gasteiger partial charge in [-0.3, -0.25) is 5.43 Å². The van der Waals surface area contributed by atoms with E-state index >= 15 is 0 Å². The Hall–Kier alpha value is -1.36. The van der Waals surface area contributed by atoms with Gasteiger partial charge in [0.15, 0.2) is 0 Å². The molecule has 0 amide bonds. The van der Waals surface area contributed by atoms with Crippen LogP contribution in [0.3, 0.4) is 0 Å². The molecule has 0 atom stereocenters. The van der Waals surface area contributed by atoms with E-state index in [9.17, 15) is 0 Å². The van der Waals surface area contributed by atoms with Crippen LogP contribution in [0.25, 0.3) is 0 Å². The van der Waals surface area contributed by atoms with Crippen molar-refractivity contribution >= 4 is 11.8 Å². The Morgan fingerprint density at radius 1 is 1.38 bits per heavy atom. The Balaban J connectivity index is 2.16. The van der Waals surface area contributed by atoms with Gasteiger partial charge in [0.05, 0.1) is 0 Å². The van der Waals surface area contributed by atoms with Gasteiger partial charge in [0.1, 0.15) is 5.82 Å². The van der Waals surface area contributed by atoms with Crippen LogP contribution < -0.4 is 16.6 Å². The number of anilines is 2. The number of nitrogens with zero attached hydrogens (tertiary/aromatic N) is 2. The van der Waals surface area contributed by atoms with E-state index in [1.165, 1.54) is 12.8 Å². The number of nitrogens with two attached hydrogens (primary N) is 1. The summed E-state index contributed by atoms with van der Waals surface area (Å²) in [5.41, 5.74) is 3.47. The standard InChI is InChI=1S/C11H19N5/c1-7-6-9(14-10(13-7)16-12)15-11(2,3)8-4-5-8/h6,8H,4-5,12H2,1-3H3,(H2,13,14,15,16). The summed E-state index contributed by atoms with van der Waals surface area (Å²) in [6.07, 6.45) is 2.60. The van der Waals surface area contributed by atoms with Crippen molar-refractivity contribution in [3.05, 3.63) is 11.8 Å². The minimum Gasteiger partial charge on any atom is -0.365 e. The van der Waals surface area contributed by atoms with E-state index in [0.717, 1.165) is 17.4 Å². The molecule has 4 N–H and O–H groups in total. The van der Waals surface area contributed by atoms with Crippen LogP contribution in [0, 0.1) is 12.8 Å². The predicted octanol–water partition coefficient (Wildman–Crippen LogP) is 1.67. The average Bonchev–Trinajstić information content (AvgIpc) is 2.98. The summed E-state index contributed by atoms with van der Waals surface area (Å²) in [4.78, 5) is 8.44. The fourth-order valence-electron chi connectivity index (χ4n) is 1.93. The summed E-state index contributed by atoms with van der Waals surface area (Å²) in [6.45, 7) is 6.34. The summed E-state index contributed by atoms with van der Waals surface area (Å²) in [6, 6.07) is 1.94. The highest BCUT2D eigenvalue weighted by molar-refractivity contribution is 5.44. The molecule has 1 fully saturated rings. The molecule has 0 bridgehead atoms. The zero-order valence-corrected chi connectivity index (χ0v) is 10.0. The van der Waals surface area contributed by atoms with Gasteiger partial charge in [-0.1, -0.05) is 0 Å². The molecule has 2 rings (SSSR count). The Labute approximate surface area is 95.8 Å². The highest BCUT2D eigenvalue weighted by atomic mass is 15.3. The summed E-state index contributed by atoms with van der Waals surface area (Å²) in [5, 5.41) is 3.45. The average molecular weight is 221 g/mol. The molecule has 1 heterocycles. The fraction of sp³-hybridized carbons (Fsp3) is 0.636. The van der Waals surface area contributed by atoms with Crippen molar-refractivity contribution in [3.63, 3.8) is 0 Å². The highest BCUT2D eigenvalue weighted by Crippen LogP contribution is 2.40. The van der Waals surface area contributed by atoms with Crippen molar-refractivity contribution in [2.75, 3.05) is 10.7 Å². The molecule has 1 aromatic rings. The van der Waals surface area contributed by atoms with Gasteiger partial charge < -0.3 is 5.32 Å². The molecule has 5 heteroatoms. The van der Waals surface area contributed by atoms with Gasteiger partial charge in [0, 0.05) is 17.3 Å². The lowest BCUT2D eigenvalue weighted by atomic mass is 9.99. The summed E-state index contributed by atoms with van der Waals surface area (Å²) in [5.74, 6) is 7.35. The molecule has 88 valence electrons. The normalized spacial score (nSPS) is 16.0. The maximum atomic E-state index is 5.32. The van der Waals surface area contributed by atoms with Gasteiger partial charge in [-0.25, -0.2) is 10.8 Å². The molecule has 0 radical (unpaired) electrons. The molecule has 0 aliphatic heterocycles. The number of aryl methyl sites for hydroxylation is 1. The SMILES string of the molecule is Cc1cc(NC(C)(C)C2CC2)nc(NN)n1. The molecular formula is C11H19N5. The molecule has 5 nitrogen and oxygen atoms in total. The van der Waals surface area contributed by atoms with E-state index in [4.69, 9.17) is 5.84 Å². The van der Waals surface area contributed by atoms with E-state index in [0.29, 0.717) is 5.95 Å².